The van der Waals surface area contributed by atoms with Gasteiger partial charge in [-0.2, -0.15) is 0 Å². The topological polar surface area (TPSA) is 203 Å². The fourth-order valence-corrected chi connectivity index (χ4v) is 3.80. The molecule has 0 heterocycles. The van der Waals surface area contributed by atoms with Gasteiger partial charge in [-0.15, -0.1) is 7.94 Å². The Balaban J connectivity index is 4.43. The standard InChI is InChI=1S/C6H19N2O9P3/c1-7(4-18(9,10)11)2-3-8(5-19(12,13)14)6-20(15,16)17/h2-6H2,1H3,(H2,9,10,11)(H2,12,13,14)(H2,15,16,17)/p-2. The zero-order chi connectivity index (χ0) is 16.2. The Labute approximate surface area is 117 Å². The smallest absolute Gasteiger partial charge is 0.244 e. The van der Waals surface area contributed by atoms with Crippen LogP contribution >= 0.6 is 23.8 Å². The van der Waals surface area contributed by atoms with Gasteiger partial charge in [-0.1, -0.05) is 0 Å². The molecular weight excluding hydrogens is 337 g/mol. The Morgan fingerprint density at radius 3 is 1.45 bits per heavy atom. The van der Waals surface area contributed by atoms with E-state index in [2.05, 4.69) is 0 Å². The van der Waals surface area contributed by atoms with E-state index in [1.165, 1.54) is 7.05 Å². The lowest BCUT2D eigenvalue weighted by molar-refractivity contribution is -0.429. The average Bonchev–Trinajstić information content (AvgIpc) is 2.06. The molecule has 4 N–H and O–H groups in total. The first-order valence-corrected chi connectivity index (χ1v) is 10.5. The van der Waals surface area contributed by atoms with Gasteiger partial charge >= 0.3 is 0 Å². The molecule has 0 aromatic rings. The number of likely N-dealkylation sites (N-methyl/N-ethyl adjacent to an activating group) is 1. The SMILES string of the molecule is CN(CCN(C[P+]([O-])(O)O)C[P+]([O-])(O)O)C[P+]([O-])([O-])[O-]. The normalized spacial score (nSPS) is 14.4. The van der Waals surface area contributed by atoms with Crippen LogP contribution in [0.4, 0.5) is 0 Å². The van der Waals surface area contributed by atoms with Crippen LogP contribution in [-0.2, 0) is 0 Å². The van der Waals surface area contributed by atoms with Crippen LogP contribution in [0, 0.1) is 0 Å². The molecule has 0 saturated carbocycles. The van der Waals surface area contributed by atoms with Crippen molar-refractivity contribution in [1.82, 2.24) is 9.80 Å². The molecule has 122 valence electrons. The zero-order valence-corrected chi connectivity index (χ0v) is 13.3. The third-order valence-electron chi connectivity index (χ3n) is 1.98. The van der Waals surface area contributed by atoms with Gasteiger partial charge in [0, 0.05) is 13.1 Å². The number of hydrogen-bond donors (Lipinski definition) is 4. The molecule has 0 amide bonds. The van der Waals surface area contributed by atoms with Crippen molar-refractivity contribution in [2.24, 2.45) is 0 Å². The largest absolute Gasteiger partial charge is 0.687 e. The molecule has 0 aromatic carbocycles. The molecular formula is C6H17N2O9P3-2. The van der Waals surface area contributed by atoms with Crippen molar-refractivity contribution in [3.8, 4) is 0 Å². The van der Waals surface area contributed by atoms with Crippen LogP contribution in [0.5, 0.6) is 0 Å². The van der Waals surface area contributed by atoms with Gasteiger partial charge in [0.1, 0.15) is 0 Å². The lowest BCUT2D eigenvalue weighted by atomic mass is 10.5. The third-order valence-corrected chi connectivity index (χ3v) is 4.35. The van der Waals surface area contributed by atoms with Gasteiger partial charge in [-0.25, -0.2) is 24.5 Å². The first kappa shape index (κ1) is 20.9. The van der Waals surface area contributed by atoms with Crippen molar-refractivity contribution >= 4 is 23.8 Å². The third kappa shape index (κ3) is 13.8. The fourth-order valence-electron chi connectivity index (χ4n) is 1.39. The monoisotopic (exact) mass is 354 g/mol. The summed E-state index contributed by atoms with van der Waals surface area (Å²) >= 11 is 0. The maximum absolute atomic E-state index is 10.8. The molecule has 0 spiro atoms. The molecule has 14 heteroatoms. The second kappa shape index (κ2) is 7.92. The molecule has 0 rings (SSSR count). The second-order valence-electron chi connectivity index (χ2n) is 4.34. The van der Waals surface area contributed by atoms with Crippen molar-refractivity contribution in [2.75, 3.05) is 39.0 Å². The minimum Gasteiger partial charge on any atom is -0.687 e. The summed E-state index contributed by atoms with van der Waals surface area (Å²) in [4.78, 5) is 90.3. The molecule has 0 bridgehead atoms. The molecule has 0 saturated heterocycles. The average molecular weight is 354 g/mol. The van der Waals surface area contributed by atoms with Crippen LogP contribution < -0.4 is 24.5 Å². The summed E-state index contributed by atoms with van der Waals surface area (Å²) in [6.45, 7) is -0.318. The maximum Gasteiger partial charge on any atom is 0.244 e. The highest BCUT2D eigenvalue weighted by Gasteiger charge is 2.31. The van der Waals surface area contributed by atoms with Crippen LogP contribution in [0.15, 0.2) is 0 Å². The molecule has 0 radical (unpaired) electrons. The minimum atomic E-state index is -4.76. The summed E-state index contributed by atoms with van der Waals surface area (Å²) in [5, 5.41) is 0. The summed E-state index contributed by atoms with van der Waals surface area (Å²) in [7, 11) is -12.5. The molecule has 0 unspecified atom stereocenters. The van der Waals surface area contributed by atoms with Crippen molar-refractivity contribution in [3.05, 3.63) is 0 Å². The highest BCUT2D eigenvalue weighted by Crippen LogP contribution is 2.44. The molecule has 0 aromatic heterocycles. The summed E-state index contributed by atoms with van der Waals surface area (Å²) in [5.41, 5.74) is 0. The van der Waals surface area contributed by atoms with E-state index in [1.54, 1.807) is 0 Å². The Morgan fingerprint density at radius 1 is 0.750 bits per heavy atom. The molecule has 0 atom stereocenters. The van der Waals surface area contributed by atoms with E-state index in [0.717, 1.165) is 9.80 Å². The predicted octanol–water partition coefficient (Wildman–Crippen LogP) is -5.85. The van der Waals surface area contributed by atoms with E-state index >= 15 is 0 Å². The summed E-state index contributed by atoms with van der Waals surface area (Å²) in [5.74, 6) is 0. The molecule has 11 nitrogen and oxygen atoms in total. The van der Waals surface area contributed by atoms with Crippen molar-refractivity contribution in [1.29, 1.82) is 0 Å². The lowest BCUT2D eigenvalue weighted by Crippen LogP contribution is -2.43. The number of hydrogen-bond acceptors (Lipinski definition) is 11. The first-order valence-electron chi connectivity index (χ1n) is 5.19. The van der Waals surface area contributed by atoms with Gasteiger partial charge in [0.25, 0.3) is 0 Å². The molecule has 0 aliphatic carbocycles. The first-order chi connectivity index (χ1) is 8.68. The number of nitrogens with zero attached hydrogens (tertiary/aromatic N) is 2. The van der Waals surface area contributed by atoms with Crippen LogP contribution in [0.1, 0.15) is 0 Å². The van der Waals surface area contributed by atoms with Gasteiger partial charge in [0.2, 0.25) is 15.9 Å². The lowest BCUT2D eigenvalue weighted by Gasteiger charge is -2.44. The van der Waals surface area contributed by atoms with Crippen molar-refractivity contribution in [2.45, 2.75) is 0 Å². The molecule has 0 fully saturated rings. The second-order valence-corrected chi connectivity index (χ2v) is 9.07. The molecule has 20 heavy (non-hydrogen) atoms. The van der Waals surface area contributed by atoms with Gasteiger partial charge in [-0.3, -0.25) is 4.90 Å². The van der Waals surface area contributed by atoms with Crippen LogP contribution in [-0.4, -0.2) is 68.4 Å². The van der Waals surface area contributed by atoms with Gasteiger partial charge in [0.05, 0.1) is 6.29 Å². The fraction of sp³-hybridized carbons (Fsp3) is 1.00. The van der Waals surface area contributed by atoms with Crippen molar-refractivity contribution < 1.29 is 44.0 Å². The zero-order valence-electron chi connectivity index (χ0n) is 10.6. The Kier molecular flexibility index (Phi) is 8.25. The van der Waals surface area contributed by atoms with Gasteiger partial charge < -0.3 is 24.5 Å². The quantitative estimate of drug-likeness (QED) is 0.287. The Hall–Kier alpha value is 0.850. The van der Waals surface area contributed by atoms with E-state index in [0.29, 0.717) is 0 Å². The van der Waals surface area contributed by atoms with E-state index in [9.17, 15) is 24.5 Å². The van der Waals surface area contributed by atoms with Crippen LogP contribution in [0.3, 0.4) is 0 Å². The summed E-state index contributed by atoms with van der Waals surface area (Å²) in [6.07, 6.45) is -2.54. The molecule has 0 aliphatic heterocycles. The van der Waals surface area contributed by atoms with E-state index in [4.69, 9.17) is 19.6 Å². The summed E-state index contributed by atoms with van der Waals surface area (Å²) in [6, 6.07) is 0. The maximum atomic E-state index is 10.8. The number of rotatable bonds is 9. The van der Waals surface area contributed by atoms with Gasteiger partial charge in [-0.05, 0) is 7.05 Å². The Bertz CT molecular complexity index is 273. The van der Waals surface area contributed by atoms with Gasteiger partial charge in [0.15, 0.2) is 12.6 Å². The van der Waals surface area contributed by atoms with Crippen molar-refractivity contribution in [3.63, 3.8) is 0 Å². The predicted molar refractivity (Wildman–Crippen MR) is 63.6 cm³/mol. The highest BCUT2D eigenvalue weighted by atomic mass is 31.2. The molecule has 0 aliphatic rings. The van der Waals surface area contributed by atoms with E-state index < -0.39 is 42.7 Å². The summed E-state index contributed by atoms with van der Waals surface area (Å²) < 4.78 is 0. The Morgan fingerprint density at radius 2 is 1.15 bits per heavy atom. The van der Waals surface area contributed by atoms with Crippen LogP contribution in [0.25, 0.3) is 0 Å². The highest BCUT2D eigenvalue weighted by molar-refractivity contribution is 7.58. The van der Waals surface area contributed by atoms with E-state index in [-0.39, 0.29) is 13.1 Å². The minimum absolute atomic E-state index is 0.103. The van der Waals surface area contributed by atoms with Crippen LogP contribution in [0.2, 0.25) is 0 Å². The van der Waals surface area contributed by atoms with E-state index in [1.807, 2.05) is 0 Å².